The van der Waals surface area contributed by atoms with Crippen LogP contribution in [0.4, 0.5) is 23.0 Å². The minimum atomic E-state index is -0.511. The molecule has 0 aliphatic heterocycles. The number of anilines is 3. The molecule has 2 rings (SSSR count). The molecule has 1 aromatic carbocycles. The lowest BCUT2D eigenvalue weighted by Crippen LogP contribution is -2.14. The molecule has 22 heavy (non-hydrogen) atoms. The molecule has 1 aromatic heterocycles. The van der Waals surface area contributed by atoms with Crippen LogP contribution in [0.15, 0.2) is 24.5 Å². The van der Waals surface area contributed by atoms with E-state index in [9.17, 15) is 10.1 Å². The minimum Gasteiger partial charge on any atom is -0.362 e. The zero-order valence-electron chi connectivity index (χ0n) is 12.4. The zero-order chi connectivity index (χ0) is 16.3. The first-order chi connectivity index (χ1) is 10.4. The lowest BCUT2D eigenvalue weighted by Gasteiger charge is -2.12. The van der Waals surface area contributed by atoms with Crippen molar-refractivity contribution in [1.29, 1.82) is 0 Å². The lowest BCUT2D eigenvalue weighted by atomic mass is 10.2. The highest BCUT2D eigenvalue weighted by atomic mass is 35.5. The van der Waals surface area contributed by atoms with Crippen LogP contribution in [0.25, 0.3) is 0 Å². The van der Waals surface area contributed by atoms with Gasteiger partial charge in [-0.1, -0.05) is 17.7 Å². The number of nitrogens with one attached hydrogen (secondary N) is 2. The first-order valence-electron chi connectivity index (χ1n) is 6.67. The second-order valence-corrected chi connectivity index (χ2v) is 5.47. The monoisotopic (exact) mass is 321 g/mol. The van der Waals surface area contributed by atoms with E-state index in [4.69, 9.17) is 11.6 Å². The Hall–Kier alpha value is -2.41. The number of aromatic nitrogens is 2. The molecule has 0 radical (unpaired) electrons. The molecule has 0 saturated heterocycles. The second kappa shape index (κ2) is 6.57. The van der Waals surface area contributed by atoms with Crippen molar-refractivity contribution in [3.8, 4) is 0 Å². The highest BCUT2D eigenvalue weighted by Crippen LogP contribution is 2.32. The smallest absolute Gasteiger partial charge is 0.353 e. The maximum absolute atomic E-state index is 11.4. The van der Waals surface area contributed by atoms with Crippen LogP contribution in [0.2, 0.25) is 5.02 Å². The molecule has 116 valence electrons. The number of halogens is 1. The summed E-state index contributed by atoms with van der Waals surface area (Å²) in [7, 11) is 0. The standard InChI is InChI=1S/C14H16ClN5O2/c1-8(2)18-13-12(20(21)22)14(17-7-16-13)19-10-5-4-9(3)11(15)6-10/h4-8H,1-3H3,(H2,16,17,18,19). The van der Waals surface area contributed by atoms with Crippen LogP contribution in [0.1, 0.15) is 19.4 Å². The third-order valence-electron chi connectivity index (χ3n) is 2.86. The molecular weight excluding hydrogens is 306 g/mol. The van der Waals surface area contributed by atoms with Crippen molar-refractivity contribution in [2.75, 3.05) is 10.6 Å². The molecule has 0 saturated carbocycles. The Morgan fingerprint density at radius 2 is 1.95 bits per heavy atom. The first-order valence-corrected chi connectivity index (χ1v) is 7.05. The van der Waals surface area contributed by atoms with Gasteiger partial charge in [0.05, 0.1) is 4.92 Å². The minimum absolute atomic E-state index is 0.00951. The Kier molecular flexibility index (Phi) is 4.77. The normalized spacial score (nSPS) is 10.6. The second-order valence-electron chi connectivity index (χ2n) is 5.06. The lowest BCUT2D eigenvalue weighted by molar-refractivity contribution is -0.383. The molecule has 0 spiro atoms. The van der Waals surface area contributed by atoms with Crippen LogP contribution in [0.5, 0.6) is 0 Å². The Morgan fingerprint density at radius 1 is 1.27 bits per heavy atom. The van der Waals surface area contributed by atoms with Gasteiger partial charge in [-0.15, -0.1) is 0 Å². The van der Waals surface area contributed by atoms with Gasteiger partial charge < -0.3 is 10.6 Å². The van der Waals surface area contributed by atoms with Gasteiger partial charge in [-0.25, -0.2) is 9.97 Å². The highest BCUT2D eigenvalue weighted by molar-refractivity contribution is 6.31. The topological polar surface area (TPSA) is 93.0 Å². The van der Waals surface area contributed by atoms with Crippen LogP contribution < -0.4 is 10.6 Å². The number of nitro groups is 1. The van der Waals surface area contributed by atoms with E-state index < -0.39 is 4.92 Å². The van der Waals surface area contributed by atoms with Gasteiger partial charge in [0.25, 0.3) is 0 Å². The number of benzene rings is 1. The van der Waals surface area contributed by atoms with Crippen LogP contribution >= 0.6 is 11.6 Å². The number of nitrogens with zero attached hydrogens (tertiary/aromatic N) is 3. The van der Waals surface area contributed by atoms with E-state index in [2.05, 4.69) is 20.6 Å². The maximum atomic E-state index is 11.4. The molecule has 2 aromatic rings. The van der Waals surface area contributed by atoms with Crippen molar-refractivity contribution in [1.82, 2.24) is 9.97 Å². The molecule has 2 N–H and O–H groups in total. The Labute approximate surface area is 132 Å². The van der Waals surface area contributed by atoms with Gasteiger partial charge in [-0.05, 0) is 38.5 Å². The van der Waals surface area contributed by atoms with Gasteiger partial charge in [0.2, 0.25) is 11.6 Å². The average Bonchev–Trinajstić information content (AvgIpc) is 2.42. The fourth-order valence-corrected chi connectivity index (χ4v) is 2.01. The summed E-state index contributed by atoms with van der Waals surface area (Å²) in [6.45, 7) is 5.63. The molecule has 0 amide bonds. The summed E-state index contributed by atoms with van der Waals surface area (Å²) < 4.78 is 0. The molecule has 0 fully saturated rings. The maximum Gasteiger partial charge on any atom is 0.353 e. The van der Waals surface area contributed by atoms with Crippen LogP contribution in [0, 0.1) is 17.0 Å². The Bertz CT molecular complexity index is 706. The Morgan fingerprint density at radius 3 is 2.55 bits per heavy atom. The molecule has 0 bridgehead atoms. The summed E-state index contributed by atoms with van der Waals surface area (Å²) in [5.41, 5.74) is 1.34. The van der Waals surface area contributed by atoms with Crippen LogP contribution in [-0.4, -0.2) is 20.9 Å². The third-order valence-corrected chi connectivity index (χ3v) is 3.27. The molecule has 7 nitrogen and oxygen atoms in total. The van der Waals surface area contributed by atoms with E-state index in [1.807, 2.05) is 26.8 Å². The molecule has 1 heterocycles. The number of hydrogen-bond acceptors (Lipinski definition) is 6. The largest absolute Gasteiger partial charge is 0.362 e. The van der Waals surface area contributed by atoms with Crippen molar-refractivity contribution in [3.63, 3.8) is 0 Å². The Balaban J connectivity index is 2.41. The number of hydrogen-bond donors (Lipinski definition) is 2. The van der Waals surface area contributed by atoms with Crippen molar-refractivity contribution >= 4 is 34.6 Å². The summed E-state index contributed by atoms with van der Waals surface area (Å²) in [6, 6.07) is 5.31. The molecular formula is C14H16ClN5O2. The molecule has 0 atom stereocenters. The van der Waals surface area contributed by atoms with Crippen molar-refractivity contribution in [3.05, 3.63) is 45.2 Å². The van der Waals surface area contributed by atoms with Crippen molar-refractivity contribution in [2.24, 2.45) is 0 Å². The van der Waals surface area contributed by atoms with E-state index in [0.29, 0.717) is 10.7 Å². The summed E-state index contributed by atoms with van der Waals surface area (Å²) in [6.07, 6.45) is 1.27. The summed E-state index contributed by atoms with van der Waals surface area (Å²) in [5.74, 6) is 0.291. The van der Waals surface area contributed by atoms with E-state index in [-0.39, 0.29) is 23.4 Å². The van der Waals surface area contributed by atoms with Gasteiger partial charge in [-0.2, -0.15) is 0 Å². The molecule has 0 aliphatic carbocycles. The summed E-state index contributed by atoms with van der Waals surface area (Å²) in [5, 5.41) is 17.8. The van der Waals surface area contributed by atoms with E-state index >= 15 is 0 Å². The SMILES string of the molecule is Cc1ccc(Nc2ncnc(NC(C)C)c2[N+](=O)[O-])cc1Cl. The molecule has 8 heteroatoms. The van der Waals surface area contributed by atoms with Gasteiger partial charge >= 0.3 is 5.69 Å². The molecule has 0 aliphatic rings. The fraction of sp³-hybridized carbons (Fsp3) is 0.286. The van der Waals surface area contributed by atoms with Gasteiger partial charge in [-0.3, -0.25) is 10.1 Å². The van der Waals surface area contributed by atoms with E-state index in [1.165, 1.54) is 6.33 Å². The quantitative estimate of drug-likeness (QED) is 0.640. The van der Waals surface area contributed by atoms with Crippen molar-refractivity contribution < 1.29 is 4.92 Å². The summed E-state index contributed by atoms with van der Waals surface area (Å²) in [4.78, 5) is 18.8. The van der Waals surface area contributed by atoms with Crippen LogP contribution in [-0.2, 0) is 0 Å². The zero-order valence-corrected chi connectivity index (χ0v) is 13.2. The van der Waals surface area contributed by atoms with Crippen LogP contribution in [0.3, 0.4) is 0 Å². The number of rotatable bonds is 5. The summed E-state index contributed by atoms with van der Waals surface area (Å²) >= 11 is 6.06. The third kappa shape index (κ3) is 3.62. The molecule has 0 unspecified atom stereocenters. The average molecular weight is 322 g/mol. The van der Waals surface area contributed by atoms with E-state index in [1.54, 1.807) is 12.1 Å². The van der Waals surface area contributed by atoms with Gasteiger partial charge in [0.15, 0.2) is 0 Å². The fourth-order valence-electron chi connectivity index (χ4n) is 1.83. The highest BCUT2D eigenvalue weighted by Gasteiger charge is 2.23. The van der Waals surface area contributed by atoms with Crippen molar-refractivity contribution in [2.45, 2.75) is 26.8 Å². The van der Waals surface area contributed by atoms with Gasteiger partial charge in [0.1, 0.15) is 6.33 Å². The van der Waals surface area contributed by atoms with E-state index in [0.717, 1.165) is 5.56 Å². The first kappa shape index (κ1) is 16.0. The number of aryl methyl sites for hydroxylation is 1. The van der Waals surface area contributed by atoms with Gasteiger partial charge in [0, 0.05) is 16.8 Å². The predicted molar refractivity (Wildman–Crippen MR) is 86.9 cm³/mol. The predicted octanol–water partition coefficient (Wildman–Crippen LogP) is 3.91.